The van der Waals surface area contributed by atoms with E-state index in [-0.39, 0.29) is 4.88 Å². The summed E-state index contributed by atoms with van der Waals surface area (Å²) >= 11 is 1.13. The van der Waals surface area contributed by atoms with E-state index in [1.54, 1.807) is 18.6 Å². The standard InChI is InChI=1S/C13H12O4S/c1-8-3-4-10(11(5-8)16-2)17-9-6-12(13(14)15)18-7-9/h3-7H,1-2H3,(H,14,15). The van der Waals surface area contributed by atoms with Gasteiger partial charge in [-0.2, -0.15) is 0 Å². The number of hydrogen-bond donors (Lipinski definition) is 1. The van der Waals surface area contributed by atoms with Crippen molar-refractivity contribution in [2.45, 2.75) is 6.92 Å². The molecule has 2 aromatic rings. The first kappa shape index (κ1) is 12.4. The van der Waals surface area contributed by atoms with E-state index in [4.69, 9.17) is 14.6 Å². The second kappa shape index (κ2) is 5.10. The molecule has 0 aliphatic heterocycles. The van der Waals surface area contributed by atoms with Crippen molar-refractivity contribution in [1.29, 1.82) is 0 Å². The number of methoxy groups -OCH3 is 1. The maximum atomic E-state index is 10.8. The predicted molar refractivity (Wildman–Crippen MR) is 69.1 cm³/mol. The minimum absolute atomic E-state index is 0.246. The first-order valence-corrected chi connectivity index (χ1v) is 6.12. The van der Waals surface area contributed by atoms with Crippen LogP contribution in [0.1, 0.15) is 15.2 Å². The lowest BCUT2D eigenvalue weighted by molar-refractivity contribution is 0.0702. The van der Waals surface area contributed by atoms with Crippen LogP contribution >= 0.6 is 11.3 Å². The first-order valence-electron chi connectivity index (χ1n) is 5.24. The Morgan fingerprint density at radius 1 is 1.28 bits per heavy atom. The minimum Gasteiger partial charge on any atom is -0.493 e. The number of hydrogen-bond acceptors (Lipinski definition) is 4. The van der Waals surface area contributed by atoms with Gasteiger partial charge in [0.1, 0.15) is 10.6 Å². The number of carbonyl (C=O) groups is 1. The summed E-state index contributed by atoms with van der Waals surface area (Å²) < 4.78 is 10.8. The lowest BCUT2D eigenvalue weighted by Crippen LogP contribution is -1.91. The lowest BCUT2D eigenvalue weighted by atomic mass is 10.2. The summed E-state index contributed by atoms with van der Waals surface area (Å²) in [5.41, 5.74) is 1.07. The highest BCUT2D eigenvalue weighted by Crippen LogP contribution is 2.34. The van der Waals surface area contributed by atoms with E-state index in [9.17, 15) is 4.79 Å². The molecule has 0 spiro atoms. The molecule has 4 nitrogen and oxygen atoms in total. The van der Waals surface area contributed by atoms with E-state index >= 15 is 0 Å². The normalized spacial score (nSPS) is 10.1. The van der Waals surface area contributed by atoms with E-state index in [2.05, 4.69) is 0 Å². The van der Waals surface area contributed by atoms with Crippen LogP contribution in [0.2, 0.25) is 0 Å². The molecule has 0 saturated heterocycles. The zero-order chi connectivity index (χ0) is 13.1. The van der Waals surface area contributed by atoms with Crippen LogP contribution < -0.4 is 9.47 Å². The van der Waals surface area contributed by atoms with Gasteiger partial charge in [0, 0.05) is 11.4 Å². The van der Waals surface area contributed by atoms with Crippen molar-refractivity contribution in [3.63, 3.8) is 0 Å². The zero-order valence-corrected chi connectivity index (χ0v) is 10.8. The molecule has 0 saturated carbocycles. The molecule has 0 fully saturated rings. The monoisotopic (exact) mass is 264 g/mol. The first-order chi connectivity index (χ1) is 8.60. The highest BCUT2D eigenvalue weighted by Gasteiger charge is 2.10. The molecule has 0 atom stereocenters. The fourth-order valence-corrected chi connectivity index (χ4v) is 2.11. The predicted octanol–water partition coefficient (Wildman–Crippen LogP) is 3.56. The quantitative estimate of drug-likeness (QED) is 0.917. The molecule has 5 heteroatoms. The third kappa shape index (κ3) is 2.62. The van der Waals surface area contributed by atoms with Crippen molar-refractivity contribution in [2.75, 3.05) is 7.11 Å². The molecule has 1 N–H and O–H groups in total. The molecule has 0 radical (unpaired) electrons. The SMILES string of the molecule is COc1cc(C)ccc1Oc1csc(C(=O)O)c1. The number of aryl methyl sites for hydroxylation is 1. The molecule has 1 heterocycles. The van der Waals surface area contributed by atoms with Gasteiger partial charge in [-0.25, -0.2) is 4.79 Å². The van der Waals surface area contributed by atoms with Gasteiger partial charge in [0.15, 0.2) is 11.5 Å². The van der Waals surface area contributed by atoms with Crippen LogP contribution in [-0.2, 0) is 0 Å². The molecule has 0 aliphatic carbocycles. The van der Waals surface area contributed by atoms with Crippen LogP contribution in [0.3, 0.4) is 0 Å². The van der Waals surface area contributed by atoms with Crippen LogP contribution in [-0.4, -0.2) is 18.2 Å². The summed E-state index contributed by atoms with van der Waals surface area (Å²) in [5.74, 6) is 0.737. The number of aromatic carboxylic acids is 1. The zero-order valence-electron chi connectivity index (χ0n) is 9.97. The smallest absolute Gasteiger partial charge is 0.346 e. The van der Waals surface area contributed by atoms with E-state index in [0.29, 0.717) is 17.2 Å². The lowest BCUT2D eigenvalue weighted by Gasteiger charge is -2.09. The molecule has 18 heavy (non-hydrogen) atoms. The molecule has 0 aliphatic rings. The van der Waals surface area contributed by atoms with Crippen LogP contribution in [0, 0.1) is 6.92 Å². The van der Waals surface area contributed by atoms with Crippen LogP contribution in [0.4, 0.5) is 0 Å². The minimum atomic E-state index is -0.953. The highest BCUT2D eigenvalue weighted by atomic mass is 32.1. The van der Waals surface area contributed by atoms with Crippen LogP contribution in [0.5, 0.6) is 17.2 Å². The van der Waals surface area contributed by atoms with Crippen molar-refractivity contribution >= 4 is 17.3 Å². The fourth-order valence-electron chi connectivity index (χ4n) is 1.47. The van der Waals surface area contributed by atoms with Gasteiger partial charge in [-0.3, -0.25) is 0 Å². The second-order valence-corrected chi connectivity index (χ2v) is 4.62. The second-order valence-electron chi connectivity index (χ2n) is 3.71. The van der Waals surface area contributed by atoms with Crippen LogP contribution in [0.15, 0.2) is 29.6 Å². The van der Waals surface area contributed by atoms with Gasteiger partial charge >= 0.3 is 5.97 Å². The number of thiophene rings is 1. The van der Waals surface area contributed by atoms with Crippen molar-refractivity contribution < 1.29 is 19.4 Å². The Bertz CT molecular complexity index is 574. The van der Waals surface area contributed by atoms with Gasteiger partial charge in [0.05, 0.1) is 7.11 Å². The van der Waals surface area contributed by atoms with E-state index in [1.165, 1.54) is 6.07 Å². The van der Waals surface area contributed by atoms with Crippen LogP contribution in [0.25, 0.3) is 0 Å². The molecular formula is C13H12O4S. The van der Waals surface area contributed by atoms with Gasteiger partial charge in [-0.15, -0.1) is 11.3 Å². The third-order valence-electron chi connectivity index (χ3n) is 2.33. The Hall–Kier alpha value is -2.01. The fraction of sp³-hybridized carbons (Fsp3) is 0.154. The Morgan fingerprint density at radius 3 is 2.67 bits per heavy atom. The summed E-state index contributed by atoms with van der Waals surface area (Å²) in [6.45, 7) is 1.96. The Kier molecular flexibility index (Phi) is 3.53. The summed E-state index contributed by atoms with van der Waals surface area (Å²) in [6.07, 6.45) is 0. The summed E-state index contributed by atoms with van der Waals surface area (Å²) in [7, 11) is 1.57. The maximum Gasteiger partial charge on any atom is 0.346 e. The molecular weight excluding hydrogens is 252 g/mol. The summed E-state index contributed by atoms with van der Waals surface area (Å²) in [5, 5.41) is 10.5. The van der Waals surface area contributed by atoms with Gasteiger partial charge in [-0.05, 0) is 24.6 Å². The average Bonchev–Trinajstić information content (AvgIpc) is 2.80. The van der Waals surface area contributed by atoms with Gasteiger partial charge in [0.2, 0.25) is 0 Å². The third-order valence-corrected chi connectivity index (χ3v) is 3.23. The Balaban J connectivity index is 2.25. The molecule has 0 bridgehead atoms. The molecule has 94 valence electrons. The average molecular weight is 264 g/mol. The van der Waals surface area contributed by atoms with E-state index in [1.807, 2.05) is 19.1 Å². The highest BCUT2D eigenvalue weighted by molar-refractivity contribution is 7.12. The molecule has 0 unspecified atom stereocenters. The number of benzene rings is 1. The van der Waals surface area contributed by atoms with Crippen molar-refractivity contribution in [2.24, 2.45) is 0 Å². The number of carboxylic acid groups (broad SMARTS) is 1. The summed E-state index contributed by atoms with van der Waals surface area (Å²) in [4.78, 5) is 11.0. The van der Waals surface area contributed by atoms with Crippen molar-refractivity contribution in [1.82, 2.24) is 0 Å². The Labute approximate surface area is 108 Å². The molecule has 2 rings (SSSR count). The van der Waals surface area contributed by atoms with E-state index in [0.717, 1.165) is 16.9 Å². The maximum absolute atomic E-state index is 10.8. The number of rotatable bonds is 4. The van der Waals surface area contributed by atoms with Crippen molar-refractivity contribution in [3.8, 4) is 17.2 Å². The number of carboxylic acids is 1. The Morgan fingerprint density at radius 2 is 2.06 bits per heavy atom. The largest absolute Gasteiger partial charge is 0.493 e. The molecule has 0 amide bonds. The van der Waals surface area contributed by atoms with Crippen molar-refractivity contribution in [3.05, 3.63) is 40.1 Å². The topological polar surface area (TPSA) is 55.8 Å². The number of ether oxygens (including phenoxy) is 2. The van der Waals surface area contributed by atoms with Gasteiger partial charge in [0.25, 0.3) is 0 Å². The van der Waals surface area contributed by atoms with Gasteiger partial charge in [-0.1, -0.05) is 6.07 Å². The van der Waals surface area contributed by atoms with Gasteiger partial charge < -0.3 is 14.6 Å². The molecule has 1 aromatic carbocycles. The molecule has 1 aromatic heterocycles. The summed E-state index contributed by atoms with van der Waals surface area (Å²) in [6, 6.07) is 7.06. The van der Waals surface area contributed by atoms with E-state index < -0.39 is 5.97 Å².